The van der Waals surface area contributed by atoms with Gasteiger partial charge in [-0.15, -0.1) is 0 Å². The summed E-state index contributed by atoms with van der Waals surface area (Å²) < 4.78 is 0. The smallest absolute Gasteiger partial charge is 0.412 e. The molecule has 0 atom stereocenters. The van der Waals surface area contributed by atoms with E-state index in [0.29, 0.717) is 0 Å². The molecule has 19 heteroatoms. The van der Waals surface area contributed by atoms with Gasteiger partial charge in [-0.25, -0.2) is 0 Å². The first-order chi connectivity index (χ1) is 5.20. The minimum atomic E-state index is -1.75. The van der Waals surface area contributed by atoms with Gasteiger partial charge < -0.3 is 78.8 Å². The van der Waals surface area contributed by atoms with Crippen molar-refractivity contribution in [3.63, 3.8) is 0 Å². The summed E-state index contributed by atoms with van der Waals surface area (Å²) in [7, 11) is 0. The molecular weight excluding hydrogens is 383 g/mol. The molecule has 0 spiro atoms. The summed E-state index contributed by atoms with van der Waals surface area (Å²) in [6.45, 7) is 0. The van der Waals surface area contributed by atoms with E-state index in [0.717, 1.165) is 0 Å². The molecule has 0 amide bonds. The van der Waals surface area contributed by atoms with Crippen LogP contribution < -0.4 is 0 Å². The van der Waals surface area contributed by atoms with Crippen LogP contribution in [-0.2, 0) is 19.5 Å². The van der Waals surface area contributed by atoms with Crippen LogP contribution in [0.1, 0.15) is 0 Å². The Morgan fingerprint density at radius 2 is 0.421 bits per heavy atom. The number of rotatable bonds is 0. The number of hydrogen-bond donors (Lipinski definition) is 0. The number of nitrogens with zero attached hydrogens (tertiary/aromatic N) is 3. The minimum Gasteiger partial charge on any atom is -0.412 e. The van der Waals surface area contributed by atoms with E-state index in [1.165, 1.54) is 0 Å². The van der Waals surface area contributed by atoms with Crippen LogP contribution in [0.25, 0.3) is 0 Å². The predicted octanol–water partition coefficient (Wildman–Crippen LogP) is -5.67. The van der Waals surface area contributed by atoms with Crippen LogP contribution in [0.3, 0.4) is 0 Å². The molecule has 0 aliphatic rings. The van der Waals surface area contributed by atoms with Crippen LogP contribution in [-0.4, -0.2) is 48.1 Å². The van der Waals surface area contributed by atoms with Crippen molar-refractivity contribution in [3.8, 4) is 0 Å². The van der Waals surface area contributed by atoms with Crippen molar-refractivity contribution in [3.05, 3.63) is 46.0 Å². The van der Waals surface area contributed by atoms with Crippen LogP contribution in [0.15, 0.2) is 0 Å². The zero-order valence-corrected chi connectivity index (χ0v) is 10.1. The fourth-order valence-corrected chi connectivity index (χ4v) is 0. The molecule has 0 saturated heterocycles. The van der Waals surface area contributed by atoms with Crippen molar-refractivity contribution in [1.82, 2.24) is 0 Å². The summed E-state index contributed by atoms with van der Waals surface area (Å²) in [4.78, 5) is 24.8. The summed E-state index contributed by atoms with van der Waals surface area (Å²) in [5.74, 6) is 0. The van der Waals surface area contributed by atoms with E-state index in [-0.39, 0.29) is 52.3 Å². The Balaban J connectivity index is -0.00000000675. The molecule has 0 aromatic carbocycles. The number of hydrogen-bond acceptors (Lipinski definition) is 9. The summed E-state index contributed by atoms with van der Waals surface area (Å²) in [5.41, 5.74) is 0. The van der Waals surface area contributed by atoms with Crippen molar-refractivity contribution in [2.75, 3.05) is 0 Å². The van der Waals surface area contributed by atoms with E-state index in [9.17, 15) is 0 Å². The zero-order valence-electron chi connectivity index (χ0n) is 8.37. The van der Waals surface area contributed by atoms with Gasteiger partial charge in [-0.1, -0.05) is 0 Å². The Morgan fingerprint density at radius 3 is 0.421 bits per heavy atom. The Kier molecular flexibility index (Phi) is 345. The largest absolute Gasteiger partial charge is 3.00 e. The molecule has 19 heavy (non-hydrogen) atoms. The van der Waals surface area contributed by atoms with Gasteiger partial charge >= 0.3 is 19.5 Å². The molecule has 0 aromatic rings. The SMILES string of the molecule is O.O.O.O.O.O.O=[N+]([O-])[O-].O=[N+]([O-])[O-].O=[N+]([O-])[O-].[Ru+3]. The molecule has 0 saturated carbocycles. The molecule has 125 valence electrons. The summed E-state index contributed by atoms with van der Waals surface area (Å²) >= 11 is 0. The van der Waals surface area contributed by atoms with E-state index in [2.05, 4.69) is 0 Å². The first kappa shape index (κ1) is 89.0. The fourth-order valence-electron chi connectivity index (χ4n) is 0. The fraction of sp³-hybridized carbons (Fsp3) is 0. The molecular formula is H12N3O15Ru. The molecule has 0 heterocycles. The van der Waals surface area contributed by atoms with Crippen LogP contribution in [0.4, 0.5) is 0 Å². The van der Waals surface area contributed by atoms with Crippen molar-refractivity contribution in [2.45, 2.75) is 0 Å². The third kappa shape index (κ3) is 768. The van der Waals surface area contributed by atoms with E-state index in [4.69, 9.17) is 46.0 Å². The topological polar surface area (TPSA) is 388 Å². The maximum atomic E-state index is 8.25. The summed E-state index contributed by atoms with van der Waals surface area (Å²) in [6, 6.07) is 0. The molecule has 0 bridgehead atoms. The Hall–Kier alpha value is -2.02. The molecule has 12 N–H and O–H groups in total. The average Bonchev–Trinajstić information content (AvgIpc) is 1.54. The second-order valence-corrected chi connectivity index (χ2v) is 0.671. The third-order valence-corrected chi connectivity index (χ3v) is 0. The van der Waals surface area contributed by atoms with Crippen molar-refractivity contribution in [2.24, 2.45) is 0 Å². The Bertz CT molecular complexity index is 115. The van der Waals surface area contributed by atoms with Crippen molar-refractivity contribution in [1.29, 1.82) is 0 Å². The Labute approximate surface area is 114 Å². The van der Waals surface area contributed by atoms with Gasteiger partial charge in [-0.3, -0.25) is 0 Å². The van der Waals surface area contributed by atoms with Crippen molar-refractivity contribution < 1.29 is 67.6 Å². The van der Waals surface area contributed by atoms with Gasteiger partial charge in [-0.2, -0.15) is 0 Å². The van der Waals surface area contributed by atoms with Crippen molar-refractivity contribution >= 4 is 0 Å². The van der Waals surface area contributed by atoms with Gasteiger partial charge in [0.2, 0.25) is 0 Å². The van der Waals surface area contributed by atoms with Crippen LogP contribution in [0.2, 0.25) is 0 Å². The second kappa shape index (κ2) is 73.6. The third-order valence-electron chi connectivity index (χ3n) is 0. The van der Waals surface area contributed by atoms with Gasteiger partial charge in [-0.05, 0) is 0 Å². The maximum absolute atomic E-state index is 8.25. The first-order valence-electron chi connectivity index (χ1n) is 1.64. The van der Waals surface area contributed by atoms with Gasteiger partial charge in [0.05, 0.1) is 15.3 Å². The molecule has 1 radical (unpaired) electrons. The van der Waals surface area contributed by atoms with E-state index in [1.807, 2.05) is 0 Å². The zero-order chi connectivity index (χ0) is 10.7. The molecule has 0 rings (SSSR count). The average molecular weight is 395 g/mol. The molecule has 0 aliphatic carbocycles. The van der Waals surface area contributed by atoms with E-state index < -0.39 is 15.3 Å². The van der Waals surface area contributed by atoms with Gasteiger partial charge in [0.1, 0.15) is 0 Å². The maximum Gasteiger partial charge on any atom is 3.00 e. The van der Waals surface area contributed by atoms with E-state index >= 15 is 0 Å². The van der Waals surface area contributed by atoms with Crippen LogP contribution in [0, 0.1) is 46.0 Å². The van der Waals surface area contributed by atoms with Crippen LogP contribution >= 0.6 is 0 Å². The van der Waals surface area contributed by atoms with Gasteiger partial charge in [0.25, 0.3) is 0 Å². The molecule has 0 aromatic heterocycles. The van der Waals surface area contributed by atoms with Gasteiger partial charge in [0, 0.05) is 0 Å². The van der Waals surface area contributed by atoms with E-state index in [1.54, 1.807) is 0 Å². The standard InChI is InChI=1S/3NO3.6H2O.Ru/c3*2-1(3)4;;;;;;;/h;;;6*1H2;/q3*-1;;;;;;;+3. The predicted molar refractivity (Wildman–Crippen MR) is 52.8 cm³/mol. The van der Waals surface area contributed by atoms with Gasteiger partial charge in [0.15, 0.2) is 0 Å². The quantitative estimate of drug-likeness (QED) is 0.214. The minimum absolute atomic E-state index is 0. The summed E-state index contributed by atoms with van der Waals surface area (Å²) in [5, 5.41) is 44.2. The molecule has 0 aliphatic heterocycles. The monoisotopic (exact) mass is 396 g/mol. The summed E-state index contributed by atoms with van der Waals surface area (Å²) in [6.07, 6.45) is 0. The molecule has 0 fully saturated rings. The molecule has 18 nitrogen and oxygen atoms in total. The van der Waals surface area contributed by atoms with Crippen LogP contribution in [0.5, 0.6) is 0 Å². The normalized spacial score (nSPS) is 3.79. The first-order valence-corrected chi connectivity index (χ1v) is 1.64. The second-order valence-electron chi connectivity index (χ2n) is 0.671. The molecule has 0 unspecified atom stereocenters. The Morgan fingerprint density at radius 1 is 0.421 bits per heavy atom.